The van der Waals surface area contributed by atoms with Crippen LogP contribution in [0.3, 0.4) is 0 Å². The van der Waals surface area contributed by atoms with Gasteiger partial charge < -0.3 is 5.32 Å². The maximum absolute atomic E-state index is 11.5. The van der Waals surface area contributed by atoms with Crippen LogP contribution >= 0.6 is 0 Å². The van der Waals surface area contributed by atoms with Crippen molar-refractivity contribution in [1.82, 2.24) is 25.5 Å². The maximum Gasteiger partial charge on any atom is 0.270 e. The summed E-state index contributed by atoms with van der Waals surface area (Å²) in [6.07, 6.45) is 1.90. The van der Waals surface area contributed by atoms with Gasteiger partial charge >= 0.3 is 0 Å². The number of hydrogen-bond acceptors (Lipinski definition) is 5. The summed E-state index contributed by atoms with van der Waals surface area (Å²) in [7, 11) is 1.65. The van der Waals surface area contributed by atoms with Crippen molar-refractivity contribution in [3.8, 4) is 0 Å². The standard InChI is InChI=1S/C7H12N6O/c1-13-11-7(10-12-13)9-6(14)5-3-2-4-8-5/h5,8H,2-4H2,1H3,(H,9,11,14)/t5-/m0/s1. The van der Waals surface area contributed by atoms with Crippen LogP contribution in [-0.2, 0) is 11.8 Å². The molecule has 0 unspecified atom stereocenters. The lowest BCUT2D eigenvalue weighted by Gasteiger charge is -2.07. The van der Waals surface area contributed by atoms with Crippen molar-refractivity contribution < 1.29 is 4.79 Å². The summed E-state index contributed by atoms with van der Waals surface area (Å²) in [6, 6.07) is -0.112. The molecule has 0 saturated carbocycles. The van der Waals surface area contributed by atoms with E-state index in [1.807, 2.05) is 0 Å². The second-order valence-corrected chi connectivity index (χ2v) is 3.24. The second-order valence-electron chi connectivity index (χ2n) is 3.24. The Balaban J connectivity index is 1.93. The molecule has 76 valence electrons. The van der Waals surface area contributed by atoms with Crippen LogP contribution in [0.25, 0.3) is 0 Å². The minimum Gasteiger partial charge on any atom is -0.306 e. The van der Waals surface area contributed by atoms with Gasteiger partial charge in [0.15, 0.2) is 0 Å². The van der Waals surface area contributed by atoms with E-state index in [0.29, 0.717) is 0 Å². The van der Waals surface area contributed by atoms with Gasteiger partial charge in [-0.25, -0.2) is 0 Å². The Bertz CT molecular complexity index is 329. The van der Waals surface area contributed by atoms with Crippen molar-refractivity contribution >= 4 is 11.9 Å². The average Bonchev–Trinajstić information content (AvgIpc) is 2.75. The number of carbonyl (C=O) groups excluding carboxylic acids is 1. The minimum atomic E-state index is -0.112. The molecule has 1 atom stereocenters. The molecular formula is C7H12N6O. The van der Waals surface area contributed by atoms with Gasteiger partial charge in [-0.2, -0.15) is 4.80 Å². The van der Waals surface area contributed by atoms with Gasteiger partial charge in [-0.1, -0.05) is 5.10 Å². The first-order valence-corrected chi connectivity index (χ1v) is 4.54. The lowest BCUT2D eigenvalue weighted by molar-refractivity contribution is -0.117. The Kier molecular flexibility index (Phi) is 2.40. The highest BCUT2D eigenvalue weighted by Gasteiger charge is 2.22. The molecular weight excluding hydrogens is 184 g/mol. The molecule has 1 amide bonds. The van der Waals surface area contributed by atoms with E-state index >= 15 is 0 Å². The van der Waals surface area contributed by atoms with Crippen molar-refractivity contribution in [3.05, 3.63) is 0 Å². The molecule has 7 heteroatoms. The Morgan fingerprint density at radius 3 is 3.14 bits per heavy atom. The summed E-state index contributed by atoms with van der Waals surface area (Å²) < 4.78 is 0. The maximum atomic E-state index is 11.5. The van der Waals surface area contributed by atoms with E-state index < -0.39 is 0 Å². The van der Waals surface area contributed by atoms with E-state index in [9.17, 15) is 4.79 Å². The van der Waals surface area contributed by atoms with Crippen molar-refractivity contribution in [1.29, 1.82) is 0 Å². The number of tetrazole rings is 1. The van der Waals surface area contributed by atoms with E-state index in [4.69, 9.17) is 0 Å². The molecule has 1 saturated heterocycles. The van der Waals surface area contributed by atoms with Gasteiger partial charge in [0.25, 0.3) is 5.95 Å². The molecule has 0 bridgehead atoms. The van der Waals surface area contributed by atoms with Gasteiger partial charge in [0.2, 0.25) is 5.91 Å². The minimum absolute atomic E-state index is 0.0875. The number of anilines is 1. The molecule has 1 aliphatic rings. The van der Waals surface area contributed by atoms with E-state index in [0.717, 1.165) is 19.4 Å². The number of amides is 1. The molecule has 7 nitrogen and oxygen atoms in total. The van der Waals surface area contributed by atoms with E-state index in [2.05, 4.69) is 26.0 Å². The molecule has 1 aromatic heterocycles. The van der Waals surface area contributed by atoms with Crippen LogP contribution in [0.4, 0.5) is 5.95 Å². The fraction of sp³-hybridized carbons (Fsp3) is 0.714. The van der Waals surface area contributed by atoms with Crippen molar-refractivity contribution in [2.24, 2.45) is 7.05 Å². The Morgan fingerprint density at radius 1 is 1.71 bits per heavy atom. The van der Waals surface area contributed by atoms with Crippen LogP contribution in [0.5, 0.6) is 0 Å². The number of rotatable bonds is 2. The average molecular weight is 196 g/mol. The van der Waals surface area contributed by atoms with Crippen LogP contribution in [0.15, 0.2) is 0 Å². The first kappa shape index (κ1) is 9.07. The Labute approximate surface area is 80.9 Å². The normalized spacial score (nSPS) is 21.1. The molecule has 1 fully saturated rings. The summed E-state index contributed by atoms with van der Waals surface area (Å²) in [5.74, 6) is 0.168. The van der Waals surface area contributed by atoms with Crippen LogP contribution in [0.2, 0.25) is 0 Å². The number of hydrogen-bond donors (Lipinski definition) is 2. The predicted octanol–water partition coefficient (Wildman–Crippen LogP) is -1.10. The first-order valence-electron chi connectivity index (χ1n) is 4.54. The third-order valence-electron chi connectivity index (χ3n) is 2.12. The summed E-state index contributed by atoms with van der Waals surface area (Å²) >= 11 is 0. The van der Waals surface area contributed by atoms with Gasteiger partial charge in [0.1, 0.15) is 0 Å². The van der Waals surface area contributed by atoms with Gasteiger partial charge in [-0.05, 0) is 24.6 Å². The third kappa shape index (κ3) is 1.87. The molecule has 14 heavy (non-hydrogen) atoms. The van der Waals surface area contributed by atoms with Crippen molar-refractivity contribution in [3.63, 3.8) is 0 Å². The van der Waals surface area contributed by atoms with Crippen molar-refractivity contribution in [2.75, 3.05) is 11.9 Å². The second kappa shape index (κ2) is 3.70. The predicted molar refractivity (Wildman–Crippen MR) is 48.5 cm³/mol. The van der Waals surface area contributed by atoms with Crippen LogP contribution < -0.4 is 10.6 Å². The lowest BCUT2D eigenvalue weighted by Crippen LogP contribution is -2.35. The number of nitrogens with one attached hydrogen (secondary N) is 2. The largest absolute Gasteiger partial charge is 0.306 e. The van der Waals surface area contributed by atoms with Crippen LogP contribution in [-0.4, -0.2) is 38.7 Å². The van der Waals surface area contributed by atoms with Gasteiger partial charge in [0, 0.05) is 0 Å². The molecule has 2 rings (SSSR count). The number of aryl methyl sites for hydroxylation is 1. The van der Waals surface area contributed by atoms with Crippen LogP contribution in [0.1, 0.15) is 12.8 Å². The zero-order chi connectivity index (χ0) is 9.97. The van der Waals surface area contributed by atoms with Gasteiger partial charge in [0.05, 0.1) is 13.1 Å². The highest BCUT2D eigenvalue weighted by molar-refractivity contribution is 5.93. The zero-order valence-electron chi connectivity index (χ0n) is 7.90. The van der Waals surface area contributed by atoms with E-state index in [-0.39, 0.29) is 17.9 Å². The van der Waals surface area contributed by atoms with Gasteiger partial charge in [-0.3, -0.25) is 10.1 Å². The number of nitrogens with zero attached hydrogens (tertiary/aromatic N) is 4. The SMILES string of the molecule is Cn1nnc(NC(=O)[C@@H]2CCCN2)n1. The fourth-order valence-electron chi connectivity index (χ4n) is 1.44. The molecule has 2 N–H and O–H groups in total. The van der Waals surface area contributed by atoms with E-state index in [1.54, 1.807) is 7.05 Å². The summed E-state index contributed by atoms with van der Waals surface area (Å²) in [6.45, 7) is 0.895. The number of carbonyl (C=O) groups is 1. The molecule has 0 aliphatic carbocycles. The van der Waals surface area contributed by atoms with Crippen molar-refractivity contribution in [2.45, 2.75) is 18.9 Å². The molecule has 2 heterocycles. The smallest absolute Gasteiger partial charge is 0.270 e. The zero-order valence-corrected chi connectivity index (χ0v) is 7.90. The third-order valence-corrected chi connectivity index (χ3v) is 2.12. The molecule has 0 spiro atoms. The van der Waals surface area contributed by atoms with E-state index in [1.165, 1.54) is 4.80 Å². The fourth-order valence-corrected chi connectivity index (χ4v) is 1.44. The summed E-state index contributed by atoms with van der Waals surface area (Å²) in [4.78, 5) is 12.8. The Morgan fingerprint density at radius 2 is 2.57 bits per heavy atom. The number of aromatic nitrogens is 4. The summed E-state index contributed by atoms with van der Waals surface area (Å²) in [5, 5.41) is 16.8. The van der Waals surface area contributed by atoms with Gasteiger partial charge in [-0.15, -0.1) is 5.10 Å². The summed E-state index contributed by atoms with van der Waals surface area (Å²) in [5.41, 5.74) is 0. The first-order chi connectivity index (χ1) is 6.75. The highest BCUT2D eigenvalue weighted by Crippen LogP contribution is 2.06. The topological polar surface area (TPSA) is 84.7 Å². The molecule has 1 aromatic rings. The Hall–Kier alpha value is -1.50. The monoisotopic (exact) mass is 196 g/mol. The lowest BCUT2D eigenvalue weighted by atomic mass is 10.2. The molecule has 0 radical (unpaired) electrons. The highest BCUT2D eigenvalue weighted by atomic mass is 16.2. The molecule has 1 aliphatic heterocycles. The quantitative estimate of drug-likeness (QED) is 0.627. The van der Waals surface area contributed by atoms with Crippen LogP contribution in [0, 0.1) is 0 Å². The molecule has 0 aromatic carbocycles.